The van der Waals surface area contributed by atoms with Gasteiger partial charge in [0.25, 0.3) is 0 Å². The second kappa shape index (κ2) is 5.22. The van der Waals surface area contributed by atoms with Crippen molar-refractivity contribution < 1.29 is 9.47 Å². The zero-order valence-corrected chi connectivity index (χ0v) is 12.7. The number of ether oxygens (including phenoxy) is 2. The topological polar surface area (TPSA) is 33.7 Å². The summed E-state index contributed by atoms with van der Waals surface area (Å²) in [7, 11) is 1.72. The SMILES string of the molecule is COCCCN1C(=S)N[C@@H]2C[C@]1(C)Oc1ccccc12. The van der Waals surface area contributed by atoms with Crippen molar-refractivity contribution >= 4 is 17.3 Å². The zero-order valence-electron chi connectivity index (χ0n) is 11.9. The van der Waals surface area contributed by atoms with Gasteiger partial charge in [-0.2, -0.15) is 0 Å². The van der Waals surface area contributed by atoms with Gasteiger partial charge in [0.1, 0.15) is 5.75 Å². The fourth-order valence-electron chi connectivity index (χ4n) is 3.07. The lowest BCUT2D eigenvalue weighted by atomic mass is 9.90. The smallest absolute Gasteiger partial charge is 0.184 e. The number of para-hydroxylation sites is 1. The molecule has 4 nitrogen and oxygen atoms in total. The summed E-state index contributed by atoms with van der Waals surface area (Å²) in [6, 6.07) is 8.44. The van der Waals surface area contributed by atoms with E-state index in [1.54, 1.807) is 7.11 Å². The van der Waals surface area contributed by atoms with Gasteiger partial charge in [-0.15, -0.1) is 0 Å². The molecular weight excluding hydrogens is 272 g/mol. The van der Waals surface area contributed by atoms with Crippen molar-refractivity contribution in [1.82, 2.24) is 10.2 Å². The first kappa shape index (κ1) is 13.6. The van der Waals surface area contributed by atoms with E-state index in [1.165, 1.54) is 5.56 Å². The lowest BCUT2D eigenvalue weighted by Gasteiger charge is -2.52. The highest BCUT2D eigenvalue weighted by atomic mass is 32.1. The lowest BCUT2D eigenvalue weighted by Crippen LogP contribution is -2.64. The molecule has 20 heavy (non-hydrogen) atoms. The van der Waals surface area contributed by atoms with Crippen LogP contribution in [0, 0.1) is 0 Å². The van der Waals surface area contributed by atoms with Crippen molar-refractivity contribution in [2.75, 3.05) is 20.3 Å². The quantitative estimate of drug-likeness (QED) is 0.681. The molecule has 2 aliphatic heterocycles. The lowest BCUT2D eigenvalue weighted by molar-refractivity contribution is -0.0698. The van der Waals surface area contributed by atoms with Crippen LogP contribution in [0.15, 0.2) is 24.3 Å². The normalized spacial score (nSPS) is 27.6. The van der Waals surface area contributed by atoms with Gasteiger partial charge in [-0.1, -0.05) is 18.2 Å². The molecule has 2 aliphatic rings. The number of hydrogen-bond acceptors (Lipinski definition) is 3. The van der Waals surface area contributed by atoms with E-state index in [9.17, 15) is 0 Å². The van der Waals surface area contributed by atoms with Gasteiger partial charge in [0.05, 0.1) is 6.04 Å². The molecule has 1 fully saturated rings. The van der Waals surface area contributed by atoms with E-state index in [-0.39, 0.29) is 11.8 Å². The number of methoxy groups -OCH3 is 1. The molecule has 1 aromatic carbocycles. The molecule has 0 aliphatic carbocycles. The first-order chi connectivity index (χ1) is 9.64. The summed E-state index contributed by atoms with van der Waals surface area (Å²) in [5.74, 6) is 0.956. The van der Waals surface area contributed by atoms with Crippen molar-refractivity contribution in [3.8, 4) is 5.75 Å². The van der Waals surface area contributed by atoms with Gasteiger partial charge < -0.3 is 19.7 Å². The first-order valence-corrected chi connectivity index (χ1v) is 7.40. The molecule has 0 saturated carbocycles. The molecule has 1 saturated heterocycles. The Morgan fingerprint density at radius 1 is 1.50 bits per heavy atom. The minimum atomic E-state index is -0.366. The molecule has 2 heterocycles. The minimum Gasteiger partial charge on any atom is -0.468 e. The fourth-order valence-corrected chi connectivity index (χ4v) is 3.50. The highest BCUT2D eigenvalue weighted by molar-refractivity contribution is 7.80. The Balaban J connectivity index is 1.86. The second-order valence-electron chi connectivity index (χ2n) is 5.52. The molecule has 1 aromatic rings. The maximum absolute atomic E-state index is 6.26. The predicted octanol–water partition coefficient (Wildman–Crippen LogP) is 2.45. The van der Waals surface area contributed by atoms with E-state index in [1.807, 2.05) is 18.2 Å². The monoisotopic (exact) mass is 292 g/mol. The molecular formula is C15H20N2O2S. The molecule has 0 unspecified atom stereocenters. The summed E-state index contributed by atoms with van der Waals surface area (Å²) < 4.78 is 11.4. The van der Waals surface area contributed by atoms with E-state index in [0.29, 0.717) is 0 Å². The van der Waals surface area contributed by atoms with Gasteiger partial charge in [0.15, 0.2) is 10.8 Å². The summed E-state index contributed by atoms with van der Waals surface area (Å²) in [5, 5.41) is 4.22. The highest BCUT2D eigenvalue weighted by Crippen LogP contribution is 2.43. The van der Waals surface area contributed by atoms with Crippen LogP contribution in [0.2, 0.25) is 0 Å². The van der Waals surface area contributed by atoms with Crippen molar-refractivity contribution in [3.05, 3.63) is 29.8 Å². The predicted molar refractivity (Wildman–Crippen MR) is 81.8 cm³/mol. The van der Waals surface area contributed by atoms with Crippen molar-refractivity contribution in [2.45, 2.75) is 31.5 Å². The van der Waals surface area contributed by atoms with Gasteiger partial charge in [0, 0.05) is 32.2 Å². The van der Waals surface area contributed by atoms with Crippen LogP contribution in [0.1, 0.15) is 31.4 Å². The van der Waals surface area contributed by atoms with Crippen molar-refractivity contribution in [1.29, 1.82) is 0 Å². The highest BCUT2D eigenvalue weighted by Gasteiger charge is 2.47. The van der Waals surface area contributed by atoms with Gasteiger partial charge in [-0.05, 0) is 31.6 Å². The third kappa shape index (κ3) is 2.25. The molecule has 2 atom stereocenters. The number of thiocarbonyl (C=S) groups is 1. The van der Waals surface area contributed by atoms with Gasteiger partial charge in [0.2, 0.25) is 0 Å². The van der Waals surface area contributed by atoms with Crippen LogP contribution in [0.25, 0.3) is 0 Å². The summed E-state index contributed by atoms with van der Waals surface area (Å²) in [5.41, 5.74) is 0.832. The van der Waals surface area contributed by atoms with E-state index >= 15 is 0 Å². The number of nitrogens with zero attached hydrogens (tertiary/aromatic N) is 1. The molecule has 1 N–H and O–H groups in total. The number of nitrogens with one attached hydrogen (secondary N) is 1. The Labute approximate surface area is 125 Å². The molecule has 5 heteroatoms. The second-order valence-corrected chi connectivity index (χ2v) is 5.91. The number of benzene rings is 1. The third-order valence-corrected chi connectivity index (χ3v) is 4.39. The minimum absolute atomic E-state index is 0.246. The van der Waals surface area contributed by atoms with Crippen LogP contribution in [-0.4, -0.2) is 36.0 Å². The Hall–Kier alpha value is -1.33. The third-order valence-electron chi connectivity index (χ3n) is 4.05. The van der Waals surface area contributed by atoms with Crippen molar-refractivity contribution in [2.24, 2.45) is 0 Å². The fraction of sp³-hybridized carbons (Fsp3) is 0.533. The Morgan fingerprint density at radius 3 is 3.10 bits per heavy atom. The van der Waals surface area contributed by atoms with E-state index in [4.69, 9.17) is 21.7 Å². The van der Waals surface area contributed by atoms with Crippen LogP contribution in [-0.2, 0) is 4.74 Å². The largest absolute Gasteiger partial charge is 0.468 e. The number of fused-ring (bicyclic) bond motifs is 4. The van der Waals surface area contributed by atoms with E-state index in [2.05, 4.69) is 23.2 Å². The molecule has 0 spiro atoms. The molecule has 0 radical (unpaired) electrons. The Morgan fingerprint density at radius 2 is 2.30 bits per heavy atom. The van der Waals surface area contributed by atoms with E-state index in [0.717, 1.165) is 36.9 Å². The van der Waals surface area contributed by atoms with Crippen LogP contribution >= 0.6 is 12.2 Å². The Kier molecular flexibility index (Phi) is 3.56. The maximum Gasteiger partial charge on any atom is 0.184 e. The number of hydrogen-bond donors (Lipinski definition) is 1. The van der Waals surface area contributed by atoms with Crippen molar-refractivity contribution in [3.63, 3.8) is 0 Å². The molecule has 3 rings (SSSR count). The van der Waals surface area contributed by atoms with Crippen LogP contribution in [0.4, 0.5) is 0 Å². The molecule has 108 valence electrons. The first-order valence-electron chi connectivity index (χ1n) is 6.99. The molecule has 2 bridgehead atoms. The molecule has 0 aromatic heterocycles. The average molecular weight is 292 g/mol. The molecule has 0 amide bonds. The summed E-state index contributed by atoms with van der Waals surface area (Å²) in [6.45, 7) is 3.69. The summed E-state index contributed by atoms with van der Waals surface area (Å²) >= 11 is 5.53. The van der Waals surface area contributed by atoms with Crippen LogP contribution in [0.5, 0.6) is 5.75 Å². The van der Waals surface area contributed by atoms with Gasteiger partial charge in [-0.25, -0.2) is 0 Å². The standard InChI is InChI=1S/C15H20N2O2S/c1-15-10-12(11-6-3-4-7-13(11)19-15)16-14(20)17(15)8-5-9-18-2/h3-4,6-7,12H,5,8-10H2,1-2H3,(H,16,20)/t12-,15+/m1/s1. The Bertz CT molecular complexity index is 522. The van der Waals surface area contributed by atoms with Gasteiger partial charge in [-0.3, -0.25) is 0 Å². The number of rotatable bonds is 4. The van der Waals surface area contributed by atoms with Crippen LogP contribution in [0.3, 0.4) is 0 Å². The average Bonchev–Trinajstić information content (AvgIpc) is 2.42. The maximum atomic E-state index is 6.26. The zero-order chi connectivity index (χ0) is 14.2. The summed E-state index contributed by atoms with van der Waals surface area (Å²) in [4.78, 5) is 2.15. The van der Waals surface area contributed by atoms with Gasteiger partial charge >= 0.3 is 0 Å². The van der Waals surface area contributed by atoms with E-state index < -0.39 is 0 Å². The summed E-state index contributed by atoms with van der Waals surface area (Å²) in [6.07, 6.45) is 1.83. The van der Waals surface area contributed by atoms with Crippen LogP contribution < -0.4 is 10.1 Å².